The molecule has 176 valence electrons. The molecule has 1 heterocycles. The third kappa shape index (κ3) is 11.0. The summed E-state index contributed by atoms with van der Waals surface area (Å²) in [5.41, 5.74) is 2.32. The number of ether oxygens (including phenoxy) is 3. The number of rotatable bonds is 13. The molecule has 7 heteroatoms. The topological polar surface area (TPSA) is 67.4 Å². The molecule has 0 aromatic heterocycles. The minimum Gasteiger partial charge on any atom is -0.379 e. The Balaban J connectivity index is 1.81. The SMILES string of the molecule is CCNC(=NCc1cccc(COCCOCC)c1)NCC1CN(CC(C)C)CCO1. The van der Waals surface area contributed by atoms with Crippen LogP contribution in [0.4, 0.5) is 0 Å². The summed E-state index contributed by atoms with van der Waals surface area (Å²) in [6.45, 7) is 17.3. The third-order valence-corrected chi connectivity index (χ3v) is 4.94. The van der Waals surface area contributed by atoms with Gasteiger partial charge in [0.25, 0.3) is 0 Å². The first-order valence-electron chi connectivity index (χ1n) is 11.7. The Morgan fingerprint density at radius 1 is 1.19 bits per heavy atom. The van der Waals surface area contributed by atoms with Gasteiger partial charge in [-0.05, 0) is 30.9 Å². The van der Waals surface area contributed by atoms with Gasteiger partial charge < -0.3 is 24.8 Å². The monoisotopic (exact) mass is 434 g/mol. The molecule has 1 atom stereocenters. The van der Waals surface area contributed by atoms with Crippen molar-refractivity contribution in [1.29, 1.82) is 0 Å². The van der Waals surface area contributed by atoms with Gasteiger partial charge in [0, 0.05) is 39.3 Å². The Bertz CT molecular complexity index is 639. The van der Waals surface area contributed by atoms with Gasteiger partial charge in [0.2, 0.25) is 0 Å². The smallest absolute Gasteiger partial charge is 0.191 e. The summed E-state index contributed by atoms with van der Waals surface area (Å²) >= 11 is 0. The lowest BCUT2D eigenvalue weighted by Gasteiger charge is -2.34. The van der Waals surface area contributed by atoms with E-state index in [2.05, 4.69) is 60.6 Å². The second-order valence-corrected chi connectivity index (χ2v) is 8.29. The summed E-state index contributed by atoms with van der Waals surface area (Å²) in [5.74, 6) is 1.50. The van der Waals surface area contributed by atoms with Gasteiger partial charge in [-0.1, -0.05) is 38.1 Å². The first-order valence-corrected chi connectivity index (χ1v) is 11.7. The largest absolute Gasteiger partial charge is 0.379 e. The predicted molar refractivity (Wildman–Crippen MR) is 126 cm³/mol. The second kappa shape index (κ2) is 15.2. The van der Waals surface area contributed by atoms with Crippen LogP contribution in [0.5, 0.6) is 0 Å². The van der Waals surface area contributed by atoms with Crippen LogP contribution in [0.15, 0.2) is 29.3 Å². The van der Waals surface area contributed by atoms with Gasteiger partial charge in [0.1, 0.15) is 0 Å². The van der Waals surface area contributed by atoms with Crippen LogP contribution in [0.1, 0.15) is 38.8 Å². The molecule has 31 heavy (non-hydrogen) atoms. The first-order chi connectivity index (χ1) is 15.1. The molecule has 0 aliphatic carbocycles. The molecule has 0 amide bonds. The zero-order chi connectivity index (χ0) is 22.3. The van der Waals surface area contributed by atoms with E-state index in [1.807, 2.05) is 6.92 Å². The Labute approximate surface area is 188 Å². The average molecular weight is 435 g/mol. The van der Waals surface area contributed by atoms with E-state index in [9.17, 15) is 0 Å². The maximum atomic E-state index is 5.95. The van der Waals surface area contributed by atoms with Crippen molar-refractivity contribution in [3.05, 3.63) is 35.4 Å². The van der Waals surface area contributed by atoms with Crippen molar-refractivity contribution in [3.8, 4) is 0 Å². The highest BCUT2D eigenvalue weighted by Gasteiger charge is 2.21. The third-order valence-electron chi connectivity index (χ3n) is 4.94. The minimum absolute atomic E-state index is 0.188. The molecule has 1 fully saturated rings. The van der Waals surface area contributed by atoms with E-state index in [0.29, 0.717) is 32.3 Å². The van der Waals surface area contributed by atoms with Gasteiger partial charge in [-0.25, -0.2) is 4.99 Å². The molecule has 0 bridgehead atoms. The molecule has 0 spiro atoms. The fraction of sp³-hybridized carbons (Fsp3) is 0.708. The number of hydrogen-bond donors (Lipinski definition) is 2. The molecular weight excluding hydrogens is 392 g/mol. The molecule has 0 radical (unpaired) electrons. The molecule has 1 unspecified atom stereocenters. The van der Waals surface area contributed by atoms with Gasteiger partial charge in [0.15, 0.2) is 5.96 Å². The van der Waals surface area contributed by atoms with E-state index < -0.39 is 0 Å². The van der Waals surface area contributed by atoms with Crippen LogP contribution in [0, 0.1) is 5.92 Å². The summed E-state index contributed by atoms with van der Waals surface area (Å²) in [4.78, 5) is 7.25. The van der Waals surface area contributed by atoms with Gasteiger partial charge in [-0.2, -0.15) is 0 Å². The summed E-state index contributed by atoms with van der Waals surface area (Å²) < 4.78 is 16.9. The molecule has 0 saturated carbocycles. The van der Waals surface area contributed by atoms with Crippen molar-refractivity contribution >= 4 is 5.96 Å². The van der Waals surface area contributed by atoms with E-state index >= 15 is 0 Å². The lowest BCUT2D eigenvalue weighted by molar-refractivity contribution is -0.0284. The van der Waals surface area contributed by atoms with Crippen molar-refractivity contribution in [2.24, 2.45) is 10.9 Å². The van der Waals surface area contributed by atoms with Crippen molar-refractivity contribution in [2.45, 2.75) is 47.0 Å². The van der Waals surface area contributed by atoms with E-state index in [1.165, 1.54) is 5.56 Å². The summed E-state index contributed by atoms with van der Waals surface area (Å²) in [6, 6.07) is 8.40. The molecular formula is C24H42N4O3. The fourth-order valence-corrected chi connectivity index (χ4v) is 3.58. The molecule has 2 rings (SSSR count). The highest BCUT2D eigenvalue weighted by atomic mass is 16.5. The highest BCUT2D eigenvalue weighted by Crippen LogP contribution is 2.09. The Morgan fingerprint density at radius 3 is 2.77 bits per heavy atom. The maximum absolute atomic E-state index is 5.95. The molecule has 1 aliphatic heterocycles. The lowest BCUT2D eigenvalue weighted by Crippen LogP contribution is -2.50. The summed E-state index contributed by atoms with van der Waals surface area (Å²) in [5, 5.41) is 6.79. The van der Waals surface area contributed by atoms with Gasteiger partial charge >= 0.3 is 0 Å². The fourth-order valence-electron chi connectivity index (χ4n) is 3.58. The van der Waals surface area contributed by atoms with E-state index in [4.69, 9.17) is 19.2 Å². The number of guanidine groups is 1. The van der Waals surface area contributed by atoms with Crippen molar-refractivity contribution in [3.63, 3.8) is 0 Å². The number of morpholine rings is 1. The zero-order valence-electron chi connectivity index (χ0n) is 19.9. The van der Waals surface area contributed by atoms with Crippen LogP contribution in [0.2, 0.25) is 0 Å². The number of nitrogens with zero attached hydrogens (tertiary/aromatic N) is 2. The molecule has 1 aromatic rings. The van der Waals surface area contributed by atoms with Crippen LogP contribution < -0.4 is 10.6 Å². The molecule has 1 saturated heterocycles. The zero-order valence-corrected chi connectivity index (χ0v) is 19.9. The van der Waals surface area contributed by atoms with Crippen LogP contribution in [-0.4, -0.2) is 76.1 Å². The van der Waals surface area contributed by atoms with Crippen molar-refractivity contribution in [2.75, 3.05) is 59.2 Å². The summed E-state index contributed by atoms with van der Waals surface area (Å²) in [7, 11) is 0. The highest BCUT2D eigenvalue weighted by molar-refractivity contribution is 5.79. The molecule has 2 N–H and O–H groups in total. The quantitative estimate of drug-likeness (QED) is 0.283. The normalized spacial score (nSPS) is 17.8. The van der Waals surface area contributed by atoms with Crippen molar-refractivity contribution < 1.29 is 14.2 Å². The predicted octanol–water partition coefficient (Wildman–Crippen LogP) is 2.65. The maximum Gasteiger partial charge on any atom is 0.191 e. The Hall–Kier alpha value is -1.67. The van der Waals surface area contributed by atoms with Crippen LogP contribution in [0.25, 0.3) is 0 Å². The average Bonchev–Trinajstić information content (AvgIpc) is 2.76. The van der Waals surface area contributed by atoms with E-state index in [0.717, 1.165) is 57.5 Å². The van der Waals surface area contributed by atoms with Crippen molar-refractivity contribution in [1.82, 2.24) is 15.5 Å². The second-order valence-electron chi connectivity index (χ2n) is 8.29. The number of hydrogen-bond acceptors (Lipinski definition) is 5. The first kappa shape index (κ1) is 25.6. The Morgan fingerprint density at radius 2 is 2.00 bits per heavy atom. The van der Waals surface area contributed by atoms with E-state index in [1.54, 1.807) is 0 Å². The lowest BCUT2D eigenvalue weighted by atomic mass is 10.1. The molecule has 1 aromatic carbocycles. The van der Waals surface area contributed by atoms with Gasteiger partial charge in [-0.3, -0.25) is 4.90 Å². The number of aliphatic imine (C=N–C) groups is 1. The van der Waals surface area contributed by atoms with Gasteiger partial charge in [-0.15, -0.1) is 0 Å². The number of benzene rings is 1. The summed E-state index contributed by atoms with van der Waals surface area (Å²) in [6.07, 6.45) is 0.188. The van der Waals surface area contributed by atoms with Crippen LogP contribution >= 0.6 is 0 Å². The van der Waals surface area contributed by atoms with Crippen LogP contribution in [0.3, 0.4) is 0 Å². The number of nitrogens with one attached hydrogen (secondary N) is 2. The Kier molecular flexibility index (Phi) is 12.5. The molecule has 7 nitrogen and oxygen atoms in total. The standard InChI is InChI=1S/C24H42N4O3/c1-5-25-24(27-16-23-18-28(10-11-31-23)17-20(3)4)26-15-21-8-7-9-22(14-21)19-30-13-12-29-6-2/h7-9,14,20,23H,5-6,10-13,15-19H2,1-4H3,(H2,25,26,27). The van der Waals surface area contributed by atoms with Crippen LogP contribution in [-0.2, 0) is 27.4 Å². The molecule has 1 aliphatic rings. The van der Waals surface area contributed by atoms with Gasteiger partial charge in [0.05, 0.1) is 39.1 Å². The van der Waals surface area contributed by atoms with E-state index in [-0.39, 0.29) is 6.10 Å². The minimum atomic E-state index is 0.188.